The van der Waals surface area contributed by atoms with Crippen molar-refractivity contribution >= 4 is 5.69 Å². The number of benzene rings is 1. The molecule has 76 valence electrons. The summed E-state index contributed by atoms with van der Waals surface area (Å²) in [5.41, 5.74) is 1.99. The van der Waals surface area contributed by atoms with Crippen molar-refractivity contribution in [3.63, 3.8) is 0 Å². The number of rotatable bonds is 2. The summed E-state index contributed by atoms with van der Waals surface area (Å²) >= 11 is 0. The topological polar surface area (TPSA) is 3.24 Å². The average Bonchev–Trinajstić information content (AvgIpc) is 2.62. The molecular weight excluding hydrogens is 177 g/mol. The van der Waals surface area contributed by atoms with Gasteiger partial charge in [0.25, 0.3) is 0 Å². The molecule has 2 rings (SSSR count). The van der Waals surface area contributed by atoms with Crippen molar-refractivity contribution in [2.75, 3.05) is 11.4 Å². The van der Waals surface area contributed by atoms with Crippen molar-refractivity contribution in [3.8, 4) is 0 Å². The molecule has 0 fully saturated rings. The molecule has 0 aliphatic carbocycles. The highest BCUT2D eigenvalue weighted by molar-refractivity contribution is 5.59. The maximum absolute atomic E-state index is 13.4. The third kappa shape index (κ3) is 1.39. The van der Waals surface area contributed by atoms with E-state index >= 15 is 0 Å². The van der Waals surface area contributed by atoms with Crippen LogP contribution in [0, 0.1) is 5.82 Å². The number of anilines is 1. The van der Waals surface area contributed by atoms with Crippen LogP contribution in [0.5, 0.6) is 0 Å². The molecule has 1 heterocycles. The number of nitrogens with zero attached hydrogens (tertiary/aromatic N) is 1. The second-order valence-corrected chi connectivity index (χ2v) is 3.94. The van der Waals surface area contributed by atoms with Crippen LogP contribution in [-0.2, 0) is 6.42 Å². The highest BCUT2D eigenvalue weighted by atomic mass is 19.1. The molecule has 1 aromatic carbocycles. The lowest BCUT2D eigenvalue weighted by molar-refractivity contribution is 0.614. The minimum Gasteiger partial charge on any atom is -0.368 e. The molecule has 0 amide bonds. The van der Waals surface area contributed by atoms with Crippen molar-refractivity contribution in [1.29, 1.82) is 0 Å². The van der Waals surface area contributed by atoms with E-state index in [1.807, 2.05) is 6.07 Å². The predicted octanol–water partition coefficient (Wildman–Crippen LogP) is 2.99. The molecular formula is C12H16FN. The van der Waals surface area contributed by atoms with E-state index in [9.17, 15) is 4.39 Å². The Morgan fingerprint density at radius 1 is 1.50 bits per heavy atom. The van der Waals surface area contributed by atoms with E-state index in [4.69, 9.17) is 0 Å². The lowest BCUT2D eigenvalue weighted by atomic mass is 10.1. The fraction of sp³-hybridized carbons (Fsp3) is 0.500. The number of fused-ring (bicyclic) bond motifs is 1. The fourth-order valence-electron chi connectivity index (χ4n) is 2.09. The van der Waals surface area contributed by atoms with Gasteiger partial charge in [0.1, 0.15) is 5.82 Å². The Hall–Kier alpha value is -1.05. The zero-order valence-corrected chi connectivity index (χ0v) is 8.76. The van der Waals surface area contributed by atoms with Gasteiger partial charge in [0.05, 0.1) is 0 Å². The van der Waals surface area contributed by atoms with Crippen LogP contribution in [0.3, 0.4) is 0 Å². The average molecular weight is 193 g/mol. The quantitative estimate of drug-likeness (QED) is 0.698. The molecule has 1 atom stereocenters. The fourth-order valence-corrected chi connectivity index (χ4v) is 2.09. The second kappa shape index (κ2) is 3.60. The Morgan fingerprint density at radius 2 is 2.29 bits per heavy atom. The molecule has 0 saturated carbocycles. The maximum atomic E-state index is 13.4. The van der Waals surface area contributed by atoms with Crippen LogP contribution in [0.15, 0.2) is 18.2 Å². The molecule has 0 N–H and O–H groups in total. The first-order valence-electron chi connectivity index (χ1n) is 5.28. The molecule has 2 heteroatoms. The second-order valence-electron chi connectivity index (χ2n) is 3.94. The van der Waals surface area contributed by atoms with Crippen molar-refractivity contribution in [2.45, 2.75) is 32.7 Å². The summed E-state index contributed by atoms with van der Waals surface area (Å²) in [5.74, 6) is -0.0479. The third-order valence-corrected chi connectivity index (χ3v) is 3.13. The Kier molecular flexibility index (Phi) is 2.44. The lowest BCUT2D eigenvalue weighted by Crippen LogP contribution is -2.30. The molecule has 1 nitrogen and oxygen atoms in total. The molecule has 1 unspecified atom stereocenters. The minimum atomic E-state index is -0.0479. The van der Waals surface area contributed by atoms with Crippen LogP contribution in [0.4, 0.5) is 10.1 Å². The smallest absolute Gasteiger partial charge is 0.128 e. The van der Waals surface area contributed by atoms with Crippen LogP contribution in [0.1, 0.15) is 25.8 Å². The largest absolute Gasteiger partial charge is 0.368 e. The summed E-state index contributed by atoms with van der Waals surface area (Å²) < 4.78 is 13.4. The van der Waals surface area contributed by atoms with Gasteiger partial charge in [-0.05, 0) is 31.9 Å². The third-order valence-electron chi connectivity index (χ3n) is 3.13. The first-order valence-corrected chi connectivity index (χ1v) is 5.28. The number of halogens is 1. The van der Waals surface area contributed by atoms with Gasteiger partial charge < -0.3 is 4.90 Å². The molecule has 1 aliphatic rings. The van der Waals surface area contributed by atoms with Crippen molar-refractivity contribution in [2.24, 2.45) is 0 Å². The van der Waals surface area contributed by atoms with Crippen molar-refractivity contribution in [3.05, 3.63) is 29.6 Å². The number of hydrogen-bond donors (Lipinski definition) is 0. The first kappa shape index (κ1) is 9.50. The SMILES string of the molecule is CCC(C)N1CCc2c(F)cccc21. The van der Waals surface area contributed by atoms with E-state index in [1.165, 1.54) is 0 Å². The van der Waals surface area contributed by atoms with Crippen molar-refractivity contribution < 1.29 is 4.39 Å². The first-order chi connectivity index (χ1) is 6.74. The summed E-state index contributed by atoms with van der Waals surface area (Å²) in [6.07, 6.45) is 1.96. The predicted molar refractivity (Wildman–Crippen MR) is 57.2 cm³/mol. The van der Waals surface area contributed by atoms with Crippen LogP contribution in [0.25, 0.3) is 0 Å². The molecule has 0 saturated heterocycles. The zero-order valence-electron chi connectivity index (χ0n) is 8.76. The van der Waals surface area contributed by atoms with Gasteiger partial charge in [0, 0.05) is 23.8 Å². The minimum absolute atomic E-state index is 0.0479. The highest BCUT2D eigenvalue weighted by Crippen LogP contribution is 2.31. The lowest BCUT2D eigenvalue weighted by Gasteiger charge is -2.26. The van der Waals surface area contributed by atoms with Gasteiger partial charge >= 0.3 is 0 Å². The molecule has 0 bridgehead atoms. The van der Waals surface area contributed by atoms with E-state index in [-0.39, 0.29) is 5.82 Å². The van der Waals surface area contributed by atoms with E-state index in [2.05, 4.69) is 18.7 Å². The highest BCUT2D eigenvalue weighted by Gasteiger charge is 2.24. The van der Waals surface area contributed by atoms with Gasteiger partial charge in [-0.25, -0.2) is 4.39 Å². The Labute approximate surface area is 84.5 Å². The summed E-state index contributed by atoms with van der Waals surface area (Å²) in [6.45, 7) is 5.33. The van der Waals surface area contributed by atoms with Crippen LogP contribution >= 0.6 is 0 Å². The number of hydrogen-bond acceptors (Lipinski definition) is 1. The molecule has 0 aromatic heterocycles. The molecule has 14 heavy (non-hydrogen) atoms. The van der Waals surface area contributed by atoms with Gasteiger partial charge in [-0.1, -0.05) is 13.0 Å². The summed E-state index contributed by atoms with van der Waals surface area (Å²) in [7, 11) is 0. The molecule has 0 radical (unpaired) electrons. The molecule has 1 aromatic rings. The molecule has 1 aliphatic heterocycles. The standard InChI is InChI=1S/C12H16FN/c1-3-9(2)14-8-7-10-11(13)5-4-6-12(10)14/h4-6,9H,3,7-8H2,1-2H3. The van der Waals surface area contributed by atoms with Gasteiger partial charge in [0.15, 0.2) is 0 Å². The van der Waals surface area contributed by atoms with E-state index in [0.29, 0.717) is 6.04 Å². The summed E-state index contributed by atoms with van der Waals surface area (Å²) in [5, 5.41) is 0. The maximum Gasteiger partial charge on any atom is 0.128 e. The van der Waals surface area contributed by atoms with E-state index < -0.39 is 0 Å². The Morgan fingerprint density at radius 3 is 3.00 bits per heavy atom. The van der Waals surface area contributed by atoms with Gasteiger partial charge in [-0.2, -0.15) is 0 Å². The van der Waals surface area contributed by atoms with Gasteiger partial charge in [0.2, 0.25) is 0 Å². The van der Waals surface area contributed by atoms with Gasteiger partial charge in [-0.15, -0.1) is 0 Å². The monoisotopic (exact) mass is 193 g/mol. The van der Waals surface area contributed by atoms with Crippen molar-refractivity contribution in [1.82, 2.24) is 0 Å². The Balaban J connectivity index is 2.35. The zero-order chi connectivity index (χ0) is 10.1. The van der Waals surface area contributed by atoms with Crippen LogP contribution in [-0.4, -0.2) is 12.6 Å². The normalized spacial score (nSPS) is 16.9. The van der Waals surface area contributed by atoms with Crippen LogP contribution < -0.4 is 4.90 Å². The summed E-state index contributed by atoms with van der Waals surface area (Å²) in [4.78, 5) is 2.30. The van der Waals surface area contributed by atoms with Gasteiger partial charge in [-0.3, -0.25) is 0 Å². The van der Waals surface area contributed by atoms with E-state index in [1.54, 1.807) is 12.1 Å². The van der Waals surface area contributed by atoms with E-state index in [0.717, 1.165) is 30.6 Å². The Bertz CT molecular complexity index is 335. The van der Waals surface area contributed by atoms with Crippen LogP contribution in [0.2, 0.25) is 0 Å². The summed E-state index contributed by atoms with van der Waals surface area (Å²) in [6, 6.07) is 5.89. The molecule has 0 spiro atoms.